The first kappa shape index (κ1) is 18.1. The molecule has 0 spiro atoms. The Hall–Kier alpha value is -0.730. The fraction of sp³-hybridized carbons (Fsp3) is 0.952. The predicted octanol–water partition coefficient (Wildman–Crippen LogP) is 4.96. The van der Waals surface area contributed by atoms with Gasteiger partial charge in [0, 0.05) is 18.1 Å². The monoisotopic (exact) mass is 333 g/mol. The summed E-state index contributed by atoms with van der Waals surface area (Å²) in [6.45, 7) is 9.34. The van der Waals surface area contributed by atoms with E-state index in [1.54, 1.807) is 0 Å². The van der Waals surface area contributed by atoms with Crippen LogP contribution in [0.4, 0.5) is 0 Å². The summed E-state index contributed by atoms with van der Waals surface area (Å²) >= 11 is 0. The van der Waals surface area contributed by atoms with E-state index in [1.807, 2.05) is 0 Å². The SMILES string of the molecule is CC(C)CCC[C@@H]1C[C@@H]2CC[C@@H]3C[C@H](CCCC(C)C)NC(=N1)N32. The summed E-state index contributed by atoms with van der Waals surface area (Å²) in [4.78, 5) is 7.83. The Bertz CT molecular complexity index is 429. The molecule has 24 heavy (non-hydrogen) atoms. The maximum Gasteiger partial charge on any atom is 0.194 e. The Morgan fingerprint density at radius 3 is 2.25 bits per heavy atom. The van der Waals surface area contributed by atoms with Crippen LogP contribution in [0, 0.1) is 11.8 Å². The van der Waals surface area contributed by atoms with Gasteiger partial charge in [-0.1, -0.05) is 53.4 Å². The second-order valence-electron chi connectivity index (χ2n) is 9.36. The molecule has 138 valence electrons. The zero-order valence-electron chi connectivity index (χ0n) is 16.4. The molecule has 0 aliphatic carbocycles. The van der Waals surface area contributed by atoms with Gasteiger partial charge in [-0.15, -0.1) is 0 Å². The number of hydrogen-bond acceptors (Lipinski definition) is 3. The zero-order valence-corrected chi connectivity index (χ0v) is 16.4. The van der Waals surface area contributed by atoms with E-state index < -0.39 is 0 Å². The van der Waals surface area contributed by atoms with E-state index in [1.165, 1.54) is 70.2 Å². The fourth-order valence-electron chi connectivity index (χ4n) is 4.96. The first-order chi connectivity index (χ1) is 11.5. The van der Waals surface area contributed by atoms with Crippen molar-refractivity contribution in [3.63, 3.8) is 0 Å². The van der Waals surface area contributed by atoms with Crippen LogP contribution < -0.4 is 5.32 Å². The molecule has 3 nitrogen and oxygen atoms in total. The normalized spacial score (nSPS) is 32.1. The Balaban J connectivity index is 1.57. The molecular formula is C21H39N3. The van der Waals surface area contributed by atoms with Crippen molar-refractivity contribution in [2.45, 2.75) is 116 Å². The molecule has 1 N–H and O–H groups in total. The lowest BCUT2D eigenvalue weighted by atomic mass is 9.95. The molecule has 0 bridgehead atoms. The van der Waals surface area contributed by atoms with Crippen LogP contribution in [0.5, 0.6) is 0 Å². The van der Waals surface area contributed by atoms with Gasteiger partial charge in [-0.2, -0.15) is 0 Å². The number of nitrogens with one attached hydrogen (secondary N) is 1. The molecule has 4 atom stereocenters. The lowest BCUT2D eigenvalue weighted by molar-refractivity contribution is 0.200. The van der Waals surface area contributed by atoms with Crippen LogP contribution in [-0.2, 0) is 0 Å². The minimum absolute atomic E-state index is 0.570. The summed E-state index contributed by atoms with van der Waals surface area (Å²) in [7, 11) is 0. The third-order valence-corrected chi connectivity index (χ3v) is 6.26. The Morgan fingerprint density at radius 1 is 0.958 bits per heavy atom. The molecule has 0 aromatic rings. The van der Waals surface area contributed by atoms with Crippen molar-refractivity contribution >= 4 is 5.96 Å². The standard InChI is InChI=1S/C21H39N3/c1-15(2)7-5-9-17-13-19-11-12-20-14-18(10-6-8-16(3)4)23-21(22-17)24(19)20/h15-20H,5-14H2,1-4H3,(H,22,23)/t17-,18+,19+,20-. The molecule has 0 saturated carbocycles. The smallest absolute Gasteiger partial charge is 0.194 e. The number of nitrogens with zero attached hydrogens (tertiary/aromatic N) is 2. The third-order valence-electron chi connectivity index (χ3n) is 6.26. The van der Waals surface area contributed by atoms with Crippen LogP contribution in [0.3, 0.4) is 0 Å². The highest BCUT2D eigenvalue weighted by molar-refractivity contribution is 5.83. The maximum absolute atomic E-state index is 5.17. The first-order valence-corrected chi connectivity index (χ1v) is 10.7. The average Bonchev–Trinajstić information content (AvgIpc) is 2.90. The topological polar surface area (TPSA) is 27.6 Å². The summed E-state index contributed by atoms with van der Waals surface area (Å²) < 4.78 is 0. The second-order valence-corrected chi connectivity index (χ2v) is 9.36. The summed E-state index contributed by atoms with van der Waals surface area (Å²) in [5.74, 6) is 2.93. The van der Waals surface area contributed by atoms with Crippen molar-refractivity contribution in [1.82, 2.24) is 10.2 Å². The van der Waals surface area contributed by atoms with Crippen molar-refractivity contribution in [3.8, 4) is 0 Å². The van der Waals surface area contributed by atoms with Crippen LogP contribution in [0.15, 0.2) is 4.99 Å². The summed E-state index contributed by atoms with van der Waals surface area (Å²) in [5.41, 5.74) is 0. The van der Waals surface area contributed by atoms with E-state index >= 15 is 0 Å². The molecule has 2 fully saturated rings. The highest BCUT2D eigenvalue weighted by Gasteiger charge is 2.43. The van der Waals surface area contributed by atoms with E-state index in [0.29, 0.717) is 12.1 Å². The van der Waals surface area contributed by atoms with Gasteiger partial charge in [-0.25, -0.2) is 4.99 Å². The number of aliphatic imine (C=N–C) groups is 1. The Morgan fingerprint density at radius 2 is 1.58 bits per heavy atom. The van der Waals surface area contributed by atoms with Gasteiger partial charge in [0.15, 0.2) is 5.96 Å². The first-order valence-electron chi connectivity index (χ1n) is 10.7. The van der Waals surface area contributed by atoms with Crippen LogP contribution in [-0.4, -0.2) is 35.0 Å². The fourth-order valence-corrected chi connectivity index (χ4v) is 4.96. The van der Waals surface area contributed by atoms with Gasteiger partial charge < -0.3 is 10.2 Å². The van der Waals surface area contributed by atoms with Crippen LogP contribution >= 0.6 is 0 Å². The maximum atomic E-state index is 5.17. The Kier molecular flexibility index (Phi) is 6.10. The Labute approximate surface area is 149 Å². The molecule has 3 heterocycles. The van der Waals surface area contributed by atoms with Crippen LogP contribution in [0.25, 0.3) is 0 Å². The molecule has 3 heteroatoms. The third kappa shape index (κ3) is 4.46. The molecular weight excluding hydrogens is 294 g/mol. The van der Waals surface area contributed by atoms with Gasteiger partial charge in [0.2, 0.25) is 0 Å². The summed E-state index contributed by atoms with van der Waals surface area (Å²) in [6.07, 6.45) is 13.5. The van der Waals surface area contributed by atoms with Gasteiger partial charge in [0.1, 0.15) is 0 Å². The minimum atomic E-state index is 0.570. The van der Waals surface area contributed by atoms with Crippen molar-refractivity contribution < 1.29 is 0 Å². The van der Waals surface area contributed by atoms with Gasteiger partial charge in [0.05, 0.1) is 6.04 Å². The number of rotatable bonds is 8. The van der Waals surface area contributed by atoms with Gasteiger partial charge in [0.25, 0.3) is 0 Å². The number of hydrogen-bond donors (Lipinski definition) is 1. The van der Waals surface area contributed by atoms with Gasteiger partial charge >= 0.3 is 0 Å². The van der Waals surface area contributed by atoms with E-state index in [0.717, 1.165) is 23.9 Å². The lowest BCUT2D eigenvalue weighted by Crippen LogP contribution is -2.59. The molecule has 3 aliphatic heterocycles. The molecule has 2 saturated heterocycles. The van der Waals surface area contributed by atoms with E-state index in [9.17, 15) is 0 Å². The van der Waals surface area contributed by atoms with Crippen molar-refractivity contribution in [2.24, 2.45) is 16.8 Å². The van der Waals surface area contributed by atoms with E-state index in [-0.39, 0.29) is 0 Å². The molecule has 0 amide bonds. The molecule has 3 rings (SSSR count). The average molecular weight is 334 g/mol. The summed E-state index contributed by atoms with van der Waals surface area (Å²) in [6, 6.07) is 2.78. The lowest BCUT2D eigenvalue weighted by Gasteiger charge is -2.45. The minimum Gasteiger partial charge on any atom is -0.353 e. The molecule has 3 aliphatic rings. The van der Waals surface area contributed by atoms with E-state index in [4.69, 9.17) is 4.99 Å². The number of guanidine groups is 1. The largest absolute Gasteiger partial charge is 0.353 e. The van der Waals surface area contributed by atoms with Gasteiger partial charge in [-0.3, -0.25) is 0 Å². The molecule has 0 radical (unpaired) electrons. The van der Waals surface area contributed by atoms with Crippen LogP contribution in [0.2, 0.25) is 0 Å². The van der Waals surface area contributed by atoms with Crippen molar-refractivity contribution in [3.05, 3.63) is 0 Å². The van der Waals surface area contributed by atoms with E-state index in [2.05, 4.69) is 37.9 Å². The highest BCUT2D eigenvalue weighted by Crippen LogP contribution is 2.37. The zero-order chi connectivity index (χ0) is 17.1. The summed E-state index contributed by atoms with van der Waals surface area (Å²) in [5, 5.41) is 3.84. The van der Waals surface area contributed by atoms with Gasteiger partial charge in [-0.05, 0) is 50.4 Å². The quantitative estimate of drug-likeness (QED) is 0.679. The predicted molar refractivity (Wildman–Crippen MR) is 103 cm³/mol. The molecule has 0 aromatic carbocycles. The second kappa shape index (κ2) is 8.10. The van der Waals surface area contributed by atoms with Crippen LogP contribution in [0.1, 0.15) is 91.9 Å². The molecule has 0 aromatic heterocycles. The van der Waals surface area contributed by atoms with Crippen molar-refractivity contribution in [2.75, 3.05) is 0 Å². The van der Waals surface area contributed by atoms with Crippen molar-refractivity contribution in [1.29, 1.82) is 0 Å². The highest BCUT2D eigenvalue weighted by atomic mass is 15.4. The molecule has 0 unspecified atom stereocenters.